The summed E-state index contributed by atoms with van der Waals surface area (Å²) in [5, 5.41) is 12.1. The molecule has 0 aromatic rings. The maximum atomic E-state index is 11.8. The molecule has 1 saturated carbocycles. The molecule has 4 heteroatoms. The Bertz CT molecular complexity index is 245. The lowest BCUT2D eigenvalue weighted by atomic mass is 9.97. The number of carbonyl (C=O) groups excluding carboxylic acids is 1. The smallest absolute Gasteiger partial charge is 0.237 e. The minimum atomic E-state index is -0.0137. The summed E-state index contributed by atoms with van der Waals surface area (Å²) in [5.74, 6) is 0.611. The summed E-state index contributed by atoms with van der Waals surface area (Å²) >= 11 is 0. The molecule has 0 aromatic heterocycles. The van der Waals surface area contributed by atoms with E-state index in [1.165, 1.54) is 0 Å². The lowest BCUT2D eigenvalue weighted by molar-refractivity contribution is -0.126. The number of carbonyl (C=O) groups is 1. The van der Waals surface area contributed by atoms with Crippen LogP contribution in [0.4, 0.5) is 0 Å². The number of aliphatic hydroxyl groups is 1. The SMILES string of the molecule is CC(C(=O)NC1CC1)N1CCC(CO)CC1. The van der Waals surface area contributed by atoms with Gasteiger partial charge in [-0.15, -0.1) is 0 Å². The number of amides is 1. The van der Waals surface area contributed by atoms with Gasteiger partial charge in [0.25, 0.3) is 0 Å². The monoisotopic (exact) mass is 226 g/mol. The fraction of sp³-hybridized carbons (Fsp3) is 0.917. The number of hydrogen-bond acceptors (Lipinski definition) is 3. The molecular weight excluding hydrogens is 204 g/mol. The molecule has 2 rings (SSSR count). The molecule has 2 aliphatic rings. The fourth-order valence-electron chi connectivity index (χ4n) is 2.24. The Morgan fingerprint density at radius 2 is 2.00 bits per heavy atom. The number of likely N-dealkylation sites (tertiary alicyclic amines) is 1. The van der Waals surface area contributed by atoms with Gasteiger partial charge in [-0.2, -0.15) is 0 Å². The van der Waals surface area contributed by atoms with E-state index in [9.17, 15) is 4.79 Å². The van der Waals surface area contributed by atoms with Gasteiger partial charge in [-0.1, -0.05) is 0 Å². The summed E-state index contributed by atoms with van der Waals surface area (Å²) in [6, 6.07) is 0.435. The van der Waals surface area contributed by atoms with Crippen molar-refractivity contribution in [3.8, 4) is 0 Å². The third kappa shape index (κ3) is 2.95. The summed E-state index contributed by atoms with van der Waals surface area (Å²) in [6.07, 6.45) is 4.31. The van der Waals surface area contributed by atoms with Crippen LogP contribution in [-0.4, -0.2) is 47.7 Å². The molecule has 2 fully saturated rings. The van der Waals surface area contributed by atoms with E-state index in [0.29, 0.717) is 12.0 Å². The minimum absolute atomic E-state index is 0.0137. The van der Waals surface area contributed by atoms with Gasteiger partial charge in [0, 0.05) is 12.6 Å². The maximum Gasteiger partial charge on any atom is 0.237 e. The summed E-state index contributed by atoms with van der Waals surface area (Å²) in [7, 11) is 0. The second-order valence-electron chi connectivity index (χ2n) is 5.12. The number of nitrogens with one attached hydrogen (secondary N) is 1. The molecular formula is C12H22N2O2. The van der Waals surface area contributed by atoms with Gasteiger partial charge in [-0.05, 0) is 51.6 Å². The quantitative estimate of drug-likeness (QED) is 0.727. The molecule has 1 saturated heterocycles. The van der Waals surface area contributed by atoms with E-state index >= 15 is 0 Å². The Balaban J connectivity index is 1.76. The Morgan fingerprint density at radius 3 is 2.50 bits per heavy atom. The minimum Gasteiger partial charge on any atom is -0.396 e. The van der Waals surface area contributed by atoms with Crippen molar-refractivity contribution in [1.82, 2.24) is 10.2 Å². The molecule has 0 spiro atoms. The molecule has 4 nitrogen and oxygen atoms in total. The number of rotatable bonds is 4. The van der Waals surface area contributed by atoms with Gasteiger partial charge in [-0.25, -0.2) is 0 Å². The van der Waals surface area contributed by atoms with Gasteiger partial charge < -0.3 is 10.4 Å². The number of nitrogens with zero attached hydrogens (tertiary/aromatic N) is 1. The molecule has 1 heterocycles. The summed E-state index contributed by atoms with van der Waals surface area (Å²) in [4.78, 5) is 14.1. The Kier molecular flexibility index (Phi) is 3.82. The lowest BCUT2D eigenvalue weighted by Gasteiger charge is -2.34. The molecule has 1 aliphatic heterocycles. The van der Waals surface area contributed by atoms with Crippen molar-refractivity contribution in [3.05, 3.63) is 0 Å². The van der Waals surface area contributed by atoms with E-state index in [1.807, 2.05) is 6.92 Å². The first-order valence-corrected chi connectivity index (χ1v) is 6.36. The molecule has 2 N–H and O–H groups in total. The zero-order valence-electron chi connectivity index (χ0n) is 9.98. The number of hydrogen-bond donors (Lipinski definition) is 2. The standard InChI is InChI=1S/C12H22N2O2/c1-9(12(16)13-11-2-3-11)14-6-4-10(8-15)5-7-14/h9-11,15H,2-8H2,1H3,(H,13,16). The van der Waals surface area contributed by atoms with Crippen LogP contribution in [0.25, 0.3) is 0 Å². The summed E-state index contributed by atoms with van der Waals surface area (Å²) in [5.41, 5.74) is 0. The Morgan fingerprint density at radius 1 is 1.38 bits per heavy atom. The second kappa shape index (κ2) is 5.15. The van der Waals surface area contributed by atoms with Gasteiger partial charge in [-0.3, -0.25) is 9.69 Å². The molecule has 1 aliphatic carbocycles. The van der Waals surface area contributed by atoms with E-state index in [1.54, 1.807) is 0 Å². The van der Waals surface area contributed by atoms with Crippen LogP contribution >= 0.6 is 0 Å². The highest BCUT2D eigenvalue weighted by Gasteiger charge is 2.30. The predicted molar refractivity (Wildman–Crippen MR) is 62.0 cm³/mol. The van der Waals surface area contributed by atoms with Gasteiger partial charge in [0.1, 0.15) is 0 Å². The Labute approximate surface area is 97.0 Å². The molecule has 92 valence electrons. The van der Waals surface area contributed by atoms with E-state index in [0.717, 1.165) is 38.8 Å². The van der Waals surface area contributed by atoms with Crippen LogP contribution in [-0.2, 0) is 4.79 Å². The van der Waals surface area contributed by atoms with Crippen LogP contribution in [0.15, 0.2) is 0 Å². The highest BCUT2D eigenvalue weighted by Crippen LogP contribution is 2.21. The third-order valence-corrected chi connectivity index (χ3v) is 3.76. The lowest BCUT2D eigenvalue weighted by Crippen LogP contribution is -2.49. The molecule has 16 heavy (non-hydrogen) atoms. The van der Waals surface area contributed by atoms with Crippen LogP contribution in [0, 0.1) is 5.92 Å². The summed E-state index contributed by atoms with van der Waals surface area (Å²) in [6.45, 7) is 4.14. The first-order chi connectivity index (χ1) is 7.70. The average Bonchev–Trinajstić information content (AvgIpc) is 3.12. The van der Waals surface area contributed by atoms with Crippen molar-refractivity contribution in [1.29, 1.82) is 0 Å². The van der Waals surface area contributed by atoms with Crippen molar-refractivity contribution in [2.45, 2.75) is 44.7 Å². The van der Waals surface area contributed by atoms with Gasteiger partial charge in [0.15, 0.2) is 0 Å². The van der Waals surface area contributed by atoms with E-state index < -0.39 is 0 Å². The van der Waals surface area contributed by atoms with Crippen molar-refractivity contribution in [2.75, 3.05) is 19.7 Å². The highest BCUT2D eigenvalue weighted by atomic mass is 16.3. The average molecular weight is 226 g/mol. The van der Waals surface area contributed by atoms with Crippen LogP contribution in [0.1, 0.15) is 32.6 Å². The van der Waals surface area contributed by atoms with E-state index in [4.69, 9.17) is 5.11 Å². The first-order valence-electron chi connectivity index (χ1n) is 6.36. The molecule has 1 unspecified atom stereocenters. The highest BCUT2D eigenvalue weighted by molar-refractivity contribution is 5.81. The van der Waals surface area contributed by atoms with Gasteiger partial charge >= 0.3 is 0 Å². The van der Waals surface area contributed by atoms with Crippen molar-refractivity contribution in [2.24, 2.45) is 5.92 Å². The van der Waals surface area contributed by atoms with Crippen molar-refractivity contribution in [3.63, 3.8) is 0 Å². The second-order valence-corrected chi connectivity index (χ2v) is 5.12. The van der Waals surface area contributed by atoms with Crippen LogP contribution in [0.2, 0.25) is 0 Å². The topological polar surface area (TPSA) is 52.6 Å². The van der Waals surface area contributed by atoms with Crippen LogP contribution in [0.3, 0.4) is 0 Å². The fourth-order valence-corrected chi connectivity index (χ4v) is 2.24. The van der Waals surface area contributed by atoms with Crippen molar-refractivity contribution >= 4 is 5.91 Å². The van der Waals surface area contributed by atoms with Gasteiger partial charge in [0.2, 0.25) is 5.91 Å². The van der Waals surface area contributed by atoms with Crippen LogP contribution < -0.4 is 5.32 Å². The van der Waals surface area contributed by atoms with E-state index in [-0.39, 0.29) is 18.6 Å². The molecule has 0 radical (unpaired) electrons. The Hall–Kier alpha value is -0.610. The number of piperidine rings is 1. The maximum absolute atomic E-state index is 11.8. The van der Waals surface area contributed by atoms with Gasteiger partial charge in [0.05, 0.1) is 6.04 Å². The normalized spacial score (nSPS) is 25.4. The van der Waals surface area contributed by atoms with E-state index in [2.05, 4.69) is 10.2 Å². The zero-order chi connectivity index (χ0) is 11.5. The largest absolute Gasteiger partial charge is 0.396 e. The predicted octanol–water partition coefficient (Wildman–Crippen LogP) is 0.358. The molecule has 1 atom stereocenters. The molecule has 1 amide bonds. The molecule has 0 aromatic carbocycles. The molecule has 0 bridgehead atoms. The summed E-state index contributed by atoms with van der Waals surface area (Å²) < 4.78 is 0. The first kappa shape index (κ1) is 11.9. The number of aliphatic hydroxyl groups excluding tert-OH is 1. The zero-order valence-corrected chi connectivity index (χ0v) is 9.98. The van der Waals surface area contributed by atoms with Crippen molar-refractivity contribution < 1.29 is 9.90 Å². The van der Waals surface area contributed by atoms with Crippen LogP contribution in [0.5, 0.6) is 0 Å². The third-order valence-electron chi connectivity index (χ3n) is 3.76.